The van der Waals surface area contributed by atoms with Crippen LogP contribution in [-0.2, 0) is 4.79 Å². The van der Waals surface area contributed by atoms with E-state index >= 15 is 0 Å². The number of hydrogen-bond donors (Lipinski definition) is 1. The molecule has 2 atom stereocenters. The molecule has 1 rings (SSSR count). The van der Waals surface area contributed by atoms with Crippen LogP contribution in [0.25, 0.3) is 0 Å². The Bertz CT molecular complexity index is 336. The molecular formula is C11H16N2O. The van der Waals surface area contributed by atoms with Gasteiger partial charge >= 0.3 is 0 Å². The van der Waals surface area contributed by atoms with Gasteiger partial charge in [0.05, 0.1) is 0 Å². The smallest absolute Gasteiger partial charge is 0.220 e. The van der Waals surface area contributed by atoms with Crippen LogP contribution in [0, 0.1) is 12.8 Å². The zero-order valence-corrected chi connectivity index (χ0v) is 8.82. The summed E-state index contributed by atoms with van der Waals surface area (Å²) in [6.07, 6.45) is 1.76. The van der Waals surface area contributed by atoms with Crippen LogP contribution in [0.3, 0.4) is 0 Å². The van der Waals surface area contributed by atoms with Crippen molar-refractivity contribution in [3.05, 3.63) is 29.6 Å². The van der Waals surface area contributed by atoms with Crippen molar-refractivity contribution in [3.8, 4) is 0 Å². The largest absolute Gasteiger partial charge is 0.369 e. The summed E-state index contributed by atoms with van der Waals surface area (Å²) in [4.78, 5) is 15.1. The van der Waals surface area contributed by atoms with Crippen LogP contribution in [0.15, 0.2) is 18.3 Å². The second kappa shape index (κ2) is 4.22. The van der Waals surface area contributed by atoms with Crippen LogP contribution in [0.2, 0.25) is 0 Å². The molecule has 14 heavy (non-hydrogen) atoms. The second-order valence-corrected chi connectivity index (χ2v) is 3.71. The van der Waals surface area contributed by atoms with Crippen molar-refractivity contribution < 1.29 is 4.79 Å². The number of pyridine rings is 1. The SMILES string of the molecule is Cc1cc(C(C)C(C)C(N)=O)ccn1. The molecule has 0 saturated heterocycles. The number of carbonyl (C=O) groups excluding carboxylic acids is 1. The number of hydrogen-bond acceptors (Lipinski definition) is 2. The Kier molecular flexibility index (Phi) is 3.23. The normalized spacial score (nSPS) is 14.8. The Labute approximate surface area is 84.3 Å². The zero-order valence-electron chi connectivity index (χ0n) is 8.82. The van der Waals surface area contributed by atoms with Crippen molar-refractivity contribution >= 4 is 5.91 Å². The van der Waals surface area contributed by atoms with E-state index in [9.17, 15) is 4.79 Å². The van der Waals surface area contributed by atoms with Crippen molar-refractivity contribution in [2.45, 2.75) is 26.7 Å². The van der Waals surface area contributed by atoms with Gasteiger partial charge in [0.15, 0.2) is 0 Å². The molecule has 1 aromatic heterocycles. The van der Waals surface area contributed by atoms with Gasteiger partial charge in [0, 0.05) is 17.8 Å². The third kappa shape index (κ3) is 2.31. The van der Waals surface area contributed by atoms with Gasteiger partial charge < -0.3 is 5.73 Å². The van der Waals surface area contributed by atoms with Gasteiger partial charge in [0.1, 0.15) is 0 Å². The summed E-state index contributed by atoms with van der Waals surface area (Å²) in [5.74, 6) is -0.252. The lowest BCUT2D eigenvalue weighted by Crippen LogP contribution is -2.25. The standard InChI is InChI=1S/C11H16N2O/c1-7-6-10(4-5-13-7)8(2)9(3)11(12)14/h4-6,8-9H,1-3H3,(H2,12,14). The van der Waals surface area contributed by atoms with Crippen molar-refractivity contribution in [1.29, 1.82) is 0 Å². The van der Waals surface area contributed by atoms with Crippen molar-refractivity contribution in [1.82, 2.24) is 4.98 Å². The van der Waals surface area contributed by atoms with E-state index in [-0.39, 0.29) is 17.7 Å². The maximum atomic E-state index is 11.0. The summed E-state index contributed by atoms with van der Waals surface area (Å²) in [6.45, 7) is 5.79. The molecule has 1 aromatic rings. The molecule has 0 fully saturated rings. The van der Waals surface area contributed by atoms with E-state index in [4.69, 9.17) is 5.73 Å². The van der Waals surface area contributed by atoms with Crippen LogP contribution in [0.5, 0.6) is 0 Å². The molecule has 2 N–H and O–H groups in total. The van der Waals surface area contributed by atoms with Crippen LogP contribution >= 0.6 is 0 Å². The molecule has 76 valence electrons. The van der Waals surface area contributed by atoms with Crippen molar-refractivity contribution in [3.63, 3.8) is 0 Å². The molecule has 2 unspecified atom stereocenters. The first-order valence-corrected chi connectivity index (χ1v) is 4.74. The van der Waals surface area contributed by atoms with Crippen LogP contribution < -0.4 is 5.73 Å². The number of aromatic nitrogens is 1. The first-order valence-electron chi connectivity index (χ1n) is 4.74. The number of nitrogens with zero attached hydrogens (tertiary/aromatic N) is 1. The monoisotopic (exact) mass is 192 g/mol. The highest BCUT2D eigenvalue weighted by atomic mass is 16.1. The number of primary amides is 1. The lowest BCUT2D eigenvalue weighted by Gasteiger charge is -2.17. The summed E-state index contributed by atoms with van der Waals surface area (Å²) in [5.41, 5.74) is 7.34. The first kappa shape index (κ1) is 10.7. The van der Waals surface area contributed by atoms with E-state index < -0.39 is 0 Å². The highest BCUT2D eigenvalue weighted by Crippen LogP contribution is 2.23. The Balaban J connectivity index is 2.89. The van der Waals surface area contributed by atoms with Crippen molar-refractivity contribution in [2.24, 2.45) is 11.7 Å². The highest BCUT2D eigenvalue weighted by molar-refractivity contribution is 5.77. The first-order chi connectivity index (χ1) is 6.52. The van der Waals surface area contributed by atoms with Crippen LogP contribution in [-0.4, -0.2) is 10.9 Å². The zero-order chi connectivity index (χ0) is 10.7. The fraction of sp³-hybridized carbons (Fsp3) is 0.455. The van der Waals surface area contributed by atoms with Gasteiger partial charge in [-0.1, -0.05) is 13.8 Å². The number of aryl methyl sites for hydroxylation is 1. The van der Waals surface area contributed by atoms with E-state index in [0.717, 1.165) is 11.3 Å². The molecule has 0 aromatic carbocycles. The summed E-state index contributed by atoms with van der Waals surface area (Å²) in [5, 5.41) is 0. The molecule has 1 amide bonds. The third-order valence-electron chi connectivity index (χ3n) is 2.65. The average molecular weight is 192 g/mol. The Morgan fingerprint density at radius 2 is 2.14 bits per heavy atom. The minimum Gasteiger partial charge on any atom is -0.369 e. The van der Waals surface area contributed by atoms with Gasteiger partial charge in [-0.05, 0) is 30.5 Å². The molecule has 0 aliphatic carbocycles. The fourth-order valence-corrected chi connectivity index (χ4v) is 1.39. The minimum atomic E-state index is -0.257. The molecule has 3 nitrogen and oxygen atoms in total. The Morgan fingerprint density at radius 3 is 2.64 bits per heavy atom. The van der Waals surface area contributed by atoms with E-state index in [1.807, 2.05) is 32.9 Å². The van der Waals surface area contributed by atoms with Gasteiger partial charge in [0.25, 0.3) is 0 Å². The van der Waals surface area contributed by atoms with Gasteiger partial charge in [0.2, 0.25) is 5.91 Å². The molecular weight excluding hydrogens is 176 g/mol. The minimum absolute atomic E-state index is 0.142. The van der Waals surface area contributed by atoms with E-state index in [2.05, 4.69) is 4.98 Å². The summed E-state index contributed by atoms with van der Waals surface area (Å²) in [6, 6.07) is 3.92. The molecule has 3 heteroatoms. The van der Waals surface area contributed by atoms with E-state index in [0.29, 0.717) is 0 Å². The van der Waals surface area contributed by atoms with Gasteiger partial charge in [-0.25, -0.2) is 0 Å². The number of amides is 1. The molecule has 0 spiro atoms. The predicted molar refractivity (Wildman–Crippen MR) is 55.7 cm³/mol. The summed E-state index contributed by atoms with van der Waals surface area (Å²) >= 11 is 0. The molecule has 0 aliphatic rings. The van der Waals surface area contributed by atoms with Gasteiger partial charge in [-0.15, -0.1) is 0 Å². The quantitative estimate of drug-likeness (QED) is 0.791. The topological polar surface area (TPSA) is 56.0 Å². The molecule has 0 radical (unpaired) electrons. The van der Waals surface area contributed by atoms with Crippen molar-refractivity contribution in [2.75, 3.05) is 0 Å². The second-order valence-electron chi connectivity index (χ2n) is 3.71. The van der Waals surface area contributed by atoms with Crippen LogP contribution in [0.4, 0.5) is 0 Å². The maximum Gasteiger partial charge on any atom is 0.220 e. The molecule has 0 aliphatic heterocycles. The lowest BCUT2D eigenvalue weighted by atomic mass is 9.89. The highest BCUT2D eigenvalue weighted by Gasteiger charge is 2.19. The fourth-order valence-electron chi connectivity index (χ4n) is 1.39. The Hall–Kier alpha value is -1.38. The number of rotatable bonds is 3. The lowest BCUT2D eigenvalue weighted by molar-refractivity contribution is -0.121. The van der Waals surface area contributed by atoms with Gasteiger partial charge in [-0.3, -0.25) is 9.78 Å². The van der Waals surface area contributed by atoms with E-state index in [1.54, 1.807) is 6.20 Å². The summed E-state index contributed by atoms with van der Waals surface area (Å²) < 4.78 is 0. The Morgan fingerprint density at radius 1 is 1.50 bits per heavy atom. The van der Waals surface area contributed by atoms with Crippen LogP contribution in [0.1, 0.15) is 31.0 Å². The average Bonchev–Trinajstić information content (AvgIpc) is 2.15. The van der Waals surface area contributed by atoms with E-state index in [1.165, 1.54) is 0 Å². The summed E-state index contributed by atoms with van der Waals surface area (Å²) in [7, 11) is 0. The number of nitrogens with two attached hydrogens (primary N) is 1. The maximum absolute atomic E-state index is 11.0. The predicted octanol–water partition coefficient (Wildman–Crippen LogP) is 1.61. The third-order valence-corrected chi connectivity index (χ3v) is 2.65. The molecule has 0 saturated carbocycles. The van der Waals surface area contributed by atoms with Gasteiger partial charge in [-0.2, -0.15) is 0 Å². The number of carbonyl (C=O) groups is 1. The molecule has 0 bridgehead atoms. The molecule has 1 heterocycles.